The van der Waals surface area contributed by atoms with Crippen molar-refractivity contribution in [3.63, 3.8) is 0 Å². The van der Waals surface area contributed by atoms with Crippen molar-refractivity contribution in [2.45, 2.75) is 44.1 Å². The van der Waals surface area contributed by atoms with E-state index >= 15 is 0 Å². The van der Waals surface area contributed by atoms with Gasteiger partial charge in [-0.25, -0.2) is 0 Å². The molecular formula is C15H29N3O2. The molecule has 116 valence electrons. The van der Waals surface area contributed by atoms with Crippen LogP contribution in [-0.2, 0) is 9.53 Å². The summed E-state index contributed by atoms with van der Waals surface area (Å²) in [5.74, 6) is 0.122. The van der Waals surface area contributed by atoms with Crippen LogP contribution in [0.3, 0.4) is 0 Å². The molecule has 1 amide bonds. The van der Waals surface area contributed by atoms with Gasteiger partial charge >= 0.3 is 0 Å². The first-order valence-corrected chi connectivity index (χ1v) is 7.78. The molecular weight excluding hydrogens is 254 g/mol. The van der Waals surface area contributed by atoms with Crippen LogP contribution in [0.1, 0.15) is 38.5 Å². The highest BCUT2D eigenvalue weighted by molar-refractivity contribution is 5.83. The predicted octanol–water partition coefficient (Wildman–Crippen LogP) is 0.733. The molecule has 2 aliphatic rings. The molecule has 1 aliphatic carbocycles. The van der Waals surface area contributed by atoms with E-state index in [-0.39, 0.29) is 11.4 Å². The fourth-order valence-corrected chi connectivity index (χ4v) is 3.53. The molecule has 0 aromatic rings. The second kappa shape index (κ2) is 6.41. The molecule has 5 nitrogen and oxygen atoms in total. The summed E-state index contributed by atoms with van der Waals surface area (Å²) in [5, 5.41) is 3.19. The lowest BCUT2D eigenvalue weighted by Crippen LogP contribution is -2.55. The SMILES string of the molecule is CN(C)C1(CNC(=O)C2(CN)CCOCC2)CCCC1. The molecule has 0 bridgehead atoms. The second-order valence-electron chi connectivity index (χ2n) is 6.61. The van der Waals surface area contributed by atoms with Crippen molar-refractivity contribution in [2.75, 3.05) is 40.4 Å². The standard InChI is InChI=1S/C15H29N3O2/c1-18(2)15(5-3-4-6-15)12-17-13(19)14(11-16)7-9-20-10-8-14/h3-12,16H2,1-2H3,(H,17,19). The molecule has 2 rings (SSSR count). The van der Waals surface area contributed by atoms with E-state index in [1.54, 1.807) is 0 Å². The van der Waals surface area contributed by atoms with E-state index < -0.39 is 5.41 Å². The molecule has 3 N–H and O–H groups in total. The Morgan fingerprint density at radius 3 is 2.30 bits per heavy atom. The largest absolute Gasteiger partial charge is 0.381 e. The Balaban J connectivity index is 1.96. The molecule has 0 atom stereocenters. The topological polar surface area (TPSA) is 67.6 Å². The maximum atomic E-state index is 12.6. The van der Waals surface area contributed by atoms with Crippen molar-refractivity contribution in [1.82, 2.24) is 10.2 Å². The molecule has 0 aromatic carbocycles. The van der Waals surface area contributed by atoms with Crippen LogP contribution >= 0.6 is 0 Å². The lowest BCUT2D eigenvalue weighted by molar-refractivity contribution is -0.136. The van der Waals surface area contributed by atoms with Crippen LogP contribution in [0.15, 0.2) is 0 Å². The number of nitrogens with two attached hydrogens (primary N) is 1. The Morgan fingerprint density at radius 1 is 1.20 bits per heavy atom. The molecule has 0 spiro atoms. The van der Waals surface area contributed by atoms with Crippen molar-refractivity contribution >= 4 is 5.91 Å². The first kappa shape index (κ1) is 15.7. The van der Waals surface area contributed by atoms with E-state index in [4.69, 9.17) is 10.5 Å². The van der Waals surface area contributed by atoms with Crippen LogP contribution in [0.25, 0.3) is 0 Å². The van der Waals surface area contributed by atoms with E-state index in [0.29, 0.717) is 19.8 Å². The van der Waals surface area contributed by atoms with E-state index in [2.05, 4.69) is 24.3 Å². The second-order valence-corrected chi connectivity index (χ2v) is 6.61. The Labute approximate surface area is 122 Å². The first-order valence-electron chi connectivity index (χ1n) is 7.78. The van der Waals surface area contributed by atoms with Crippen molar-refractivity contribution < 1.29 is 9.53 Å². The summed E-state index contributed by atoms with van der Waals surface area (Å²) in [4.78, 5) is 14.9. The Hall–Kier alpha value is -0.650. The quantitative estimate of drug-likeness (QED) is 0.780. The summed E-state index contributed by atoms with van der Waals surface area (Å²) in [7, 11) is 4.23. The van der Waals surface area contributed by atoms with Crippen LogP contribution in [0.2, 0.25) is 0 Å². The molecule has 20 heavy (non-hydrogen) atoms. The molecule has 1 heterocycles. The van der Waals surface area contributed by atoms with Crippen LogP contribution in [-0.4, -0.2) is 56.7 Å². The van der Waals surface area contributed by atoms with Gasteiger partial charge in [0, 0.05) is 31.8 Å². The number of rotatable bonds is 5. The van der Waals surface area contributed by atoms with E-state index in [1.165, 1.54) is 25.7 Å². The smallest absolute Gasteiger partial charge is 0.227 e. The average molecular weight is 283 g/mol. The Kier molecular flexibility index (Phi) is 5.04. The van der Waals surface area contributed by atoms with Crippen molar-refractivity contribution in [2.24, 2.45) is 11.1 Å². The molecule has 1 aliphatic heterocycles. The zero-order chi connectivity index (χ0) is 14.6. The molecule has 1 saturated heterocycles. The molecule has 2 fully saturated rings. The van der Waals surface area contributed by atoms with Gasteiger partial charge in [0.2, 0.25) is 5.91 Å². The minimum Gasteiger partial charge on any atom is -0.381 e. The molecule has 5 heteroatoms. The monoisotopic (exact) mass is 283 g/mol. The van der Waals surface area contributed by atoms with Crippen LogP contribution in [0.5, 0.6) is 0 Å². The number of nitrogens with zero attached hydrogens (tertiary/aromatic N) is 1. The highest BCUT2D eigenvalue weighted by Crippen LogP contribution is 2.34. The average Bonchev–Trinajstić information content (AvgIpc) is 2.95. The number of hydrogen-bond acceptors (Lipinski definition) is 4. The maximum absolute atomic E-state index is 12.6. The van der Waals surface area contributed by atoms with Gasteiger partial charge in [-0.2, -0.15) is 0 Å². The zero-order valence-corrected chi connectivity index (χ0v) is 12.9. The third-order valence-corrected chi connectivity index (χ3v) is 5.38. The van der Waals surface area contributed by atoms with Crippen molar-refractivity contribution in [3.8, 4) is 0 Å². The summed E-state index contributed by atoms with van der Waals surface area (Å²) in [6.07, 6.45) is 6.32. The van der Waals surface area contributed by atoms with E-state index in [1.807, 2.05) is 0 Å². The van der Waals surface area contributed by atoms with Crippen LogP contribution in [0.4, 0.5) is 0 Å². The number of ether oxygens (including phenoxy) is 1. The van der Waals surface area contributed by atoms with Gasteiger partial charge in [-0.1, -0.05) is 12.8 Å². The number of nitrogens with one attached hydrogen (secondary N) is 1. The van der Waals surface area contributed by atoms with Crippen molar-refractivity contribution in [3.05, 3.63) is 0 Å². The number of likely N-dealkylation sites (N-methyl/N-ethyl adjacent to an activating group) is 1. The molecule has 0 aromatic heterocycles. The van der Waals surface area contributed by atoms with E-state index in [0.717, 1.165) is 19.4 Å². The predicted molar refractivity (Wildman–Crippen MR) is 79.4 cm³/mol. The molecule has 1 saturated carbocycles. The zero-order valence-electron chi connectivity index (χ0n) is 12.9. The number of carbonyl (C=O) groups is 1. The third kappa shape index (κ3) is 3.00. The van der Waals surface area contributed by atoms with Gasteiger partial charge in [-0.05, 0) is 39.8 Å². The van der Waals surface area contributed by atoms with E-state index in [9.17, 15) is 4.79 Å². The fraction of sp³-hybridized carbons (Fsp3) is 0.933. The summed E-state index contributed by atoms with van der Waals surface area (Å²) in [6.45, 7) is 2.44. The van der Waals surface area contributed by atoms with Gasteiger partial charge in [-0.3, -0.25) is 4.79 Å². The van der Waals surface area contributed by atoms with Crippen LogP contribution in [0, 0.1) is 5.41 Å². The molecule has 0 radical (unpaired) electrons. The Morgan fingerprint density at radius 2 is 1.80 bits per heavy atom. The minimum atomic E-state index is -0.412. The Bertz CT molecular complexity index is 332. The normalized spacial score (nSPS) is 24.8. The minimum absolute atomic E-state index is 0.122. The summed E-state index contributed by atoms with van der Waals surface area (Å²) in [5.41, 5.74) is 5.61. The summed E-state index contributed by atoms with van der Waals surface area (Å²) < 4.78 is 5.37. The summed E-state index contributed by atoms with van der Waals surface area (Å²) >= 11 is 0. The maximum Gasteiger partial charge on any atom is 0.227 e. The van der Waals surface area contributed by atoms with Crippen molar-refractivity contribution in [1.29, 1.82) is 0 Å². The number of amides is 1. The van der Waals surface area contributed by atoms with Gasteiger partial charge in [0.25, 0.3) is 0 Å². The fourth-order valence-electron chi connectivity index (χ4n) is 3.53. The lowest BCUT2D eigenvalue weighted by Gasteiger charge is -2.39. The summed E-state index contributed by atoms with van der Waals surface area (Å²) in [6, 6.07) is 0. The van der Waals surface area contributed by atoms with Gasteiger partial charge < -0.3 is 20.7 Å². The first-order chi connectivity index (χ1) is 9.55. The van der Waals surface area contributed by atoms with Gasteiger partial charge in [0.05, 0.1) is 5.41 Å². The highest BCUT2D eigenvalue weighted by atomic mass is 16.5. The van der Waals surface area contributed by atoms with Gasteiger partial charge in [-0.15, -0.1) is 0 Å². The third-order valence-electron chi connectivity index (χ3n) is 5.38. The highest BCUT2D eigenvalue weighted by Gasteiger charge is 2.41. The van der Waals surface area contributed by atoms with Gasteiger partial charge in [0.1, 0.15) is 0 Å². The number of hydrogen-bond donors (Lipinski definition) is 2. The lowest BCUT2D eigenvalue weighted by atomic mass is 9.79. The van der Waals surface area contributed by atoms with Gasteiger partial charge in [0.15, 0.2) is 0 Å². The van der Waals surface area contributed by atoms with Crippen LogP contribution < -0.4 is 11.1 Å². The molecule has 0 unspecified atom stereocenters. The number of carbonyl (C=O) groups excluding carboxylic acids is 1.